The molecule has 0 heterocycles. The van der Waals surface area contributed by atoms with Gasteiger partial charge < -0.3 is 20.7 Å². The van der Waals surface area contributed by atoms with E-state index in [9.17, 15) is 9.59 Å². The molecule has 144 valence electrons. The van der Waals surface area contributed by atoms with E-state index in [0.29, 0.717) is 36.5 Å². The lowest BCUT2D eigenvalue weighted by atomic mass is 10.1. The monoisotopic (exact) mass is 369 g/mol. The number of ether oxygens (including phenoxy) is 1. The fourth-order valence-corrected chi connectivity index (χ4v) is 2.83. The topological polar surface area (TPSA) is 84.7 Å². The predicted octanol–water partition coefficient (Wildman–Crippen LogP) is 3.09. The maximum atomic E-state index is 12.6. The number of methoxy groups -OCH3 is 1. The van der Waals surface area contributed by atoms with Crippen molar-refractivity contribution in [3.63, 3.8) is 0 Å². The Morgan fingerprint density at radius 3 is 2.52 bits per heavy atom. The Morgan fingerprint density at radius 2 is 1.81 bits per heavy atom. The van der Waals surface area contributed by atoms with Crippen molar-refractivity contribution in [3.8, 4) is 5.75 Å². The fourth-order valence-electron chi connectivity index (χ4n) is 2.83. The highest BCUT2D eigenvalue weighted by molar-refractivity contribution is 5.95. The first-order valence-electron chi connectivity index (χ1n) is 9.09. The smallest absolute Gasteiger partial charge is 0.244 e. The molecule has 0 saturated carbocycles. The molecule has 6 nitrogen and oxygen atoms in total. The van der Waals surface area contributed by atoms with Gasteiger partial charge in [0.25, 0.3) is 0 Å². The van der Waals surface area contributed by atoms with Crippen molar-refractivity contribution < 1.29 is 14.3 Å². The number of para-hydroxylation sites is 3. The molecule has 0 aliphatic heterocycles. The van der Waals surface area contributed by atoms with Crippen LogP contribution in [0.15, 0.2) is 48.5 Å². The van der Waals surface area contributed by atoms with E-state index in [-0.39, 0.29) is 18.4 Å². The number of nitrogens with zero attached hydrogens (tertiary/aromatic N) is 1. The SMILES string of the molecule is CCCN(CC(=O)Nc1ccccc1OC)C(=O)CCc1ccccc1N. The summed E-state index contributed by atoms with van der Waals surface area (Å²) in [5, 5.41) is 2.81. The van der Waals surface area contributed by atoms with E-state index in [2.05, 4.69) is 5.32 Å². The van der Waals surface area contributed by atoms with Crippen molar-refractivity contribution in [3.05, 3.63) is 54.1 Å². The van der Waals surface area contributed by atoms with Gasteiger partial charge in [0.15, 0.2) is 0 Å². The van der Waals surface area contributed by atoms with E-state index in [1.165, 1.54) is 0 Å². The third-order valence-corrected chi connectivity index (χ3v) is 4.23. The van der Waals surface area contributed by atoms with Crippen LogP contribution in [0.5, 0.6) is 5.75 Å². The van der Waals surface area contributed by atoms with Crippen molar-refractivity contribution in [1.29, 1.82) is 0 Å². The van der Waals surface area contributed by atoms with Crippen LogP contribution in [0.4, 0.5) is 11.4 Å². The van der Waals surface area contributed by atoms with E-state index in [1.54, 1.807) is 24.1 Å². The first-order chi connectivity index (χ1) is 13.0. The van der Waals surface area contributed by atoms with Gasteiger partial charge in [-0.15, -0.1) is 0 Å². The number of amides is 2. The van der Waals surface area contributed by atoms with Crippen LogP contribution >= 0.6 is 0 Å². The number of nitrogens with two attached hydrogens (primary N) is 1. The first-order valence-corrected chi connectivity index (χ1v) is 9.09. The Labute approximate surface area is 160 Å². The molecule has 2 aromatic carbocycles. The highest BCUT2D eigenvalue weighted by atomic mass is 16.5. The number of benzene rings is 2. The zero-order valence-corrected chi connectivity index (χ0v) is 15.9. The number of carbonyl (C=O) groups excluding carboxylic acids is 2. The number of anilines is 2. The summed E-state index contributed by atoms with van der Waals surface area (Å²) in [5.74, 6) is 0.273. The Hall–Kier alpha value is -3.02. The normalized spacial score (nSPS) is 10.3. The lowest BCUT2D eigenvalue weighted by Crippen LogP contribution is -2.38. The highest BCUT2D eigenvalue weighted by Gasteiger charge is 2.17. The van der Waals surface area contributed by atoms with E-state index in [0.717, 1.165) is 12.0 Å². The minimum Gasteiger partial charge on any atom is -0.495 e. The maximum absolute atomic E-state index is 12.6. The molecule has 6 heteroatoms. The van der Waals surface area contributed by atoms with E-state index >= 15 is 0 Å². The van der Waals surface area contributed by atoms with Crippen LogP contribution in [-0.2, 0) is 16.0 Å². The van der Waals surface area contributed by atoms with E-state index < -0.39 is 0 Å². The van der Waals surface area contributed by atoms with Crippen molar-refractivity contribution in [1.82, 2.24) is 4.90 Å². The summed E-state index contributed by atoms with van der Waals surface area (Å²) >= 11 is 0. The largest absolute Gasteiger partial charge is 0.495 e. The zero-order chi connectivity index (χ0) is 19.6. The molecular formula is C21H27N3O3. The molecule has 27 heavy (non-hydrogen) atoms. The molecule has 0 saturated heterocycles. The van der Waals surface area contributed by atoms with Crippen molar-refractivity contribution >= 4 is 23.2 Å². The number of hydrogen-bond acceptors (Lipinski definition) is 4. The molecule has 0 fully saturated rings. The van der Waals surface area contributed by atoms with Gasteiger partial charge in [-0.2, -0.15) is 0 Å². The average Bonchev–Trinajstić information content (AvgIpc) is 2.67. The van der Waals surface area contributed by atoms with Crippen LogP contribution in [0.3, 0.4) is 0 Å². The summed E-state index contributed by atoms with van der Waals surface area (Å²) in [5.41, 5.74) is 8.15. The maximum Gasteiger partial charge on any atom is 0.244 e. The third-order valence-electron chi connectivity index (χ3n) is 4.23. The second kappa shape index (κ2) is 10.2. The molecule has 2 amide bonds. The summed E-state index contributed by atoms with van der Waals surface area (Å²) in [6.07, 6.45) is 1.65. The van der Waals surface area contributed by atoms with Gasteiger partial charge in [0.05, 0.1) is 19.3 Å². The Morgan fingerprint density at radius 1 is 1.11 bits per heavy atom. The molecule has 2 aromatic rings. The van der Waals surface area contributed by atoms with Crippen LogP contribution in [0.2, 0.25) is 0 Å². The molecule has 0 aliphatic rings. The summed E-state index contributed by atoms with van der Waals surface area (Å²) in [6.45, 7) is 2.52. The Bertz CT molecular complexity index is 777. The van der Waals surface area contributed by atoms with Gasteiger partial charge >= 0.3 is 0 Å². The van der Waals surface area contributed by atoms with Gasteiger partial charge in [-0.05, 0) is 36.6 Å². The summed E-state index contributed by atoms with van der Waals surface area (Å²) in [4.78, 5) is 26.6. The number of nitrogen functional groups attached to an aromatic ring is 1. The summed E-state index contributed by atoms with van der Waals surface area (Å²) in [6, 6.07) is 14.7. The van der Waals surface area contributed by atoms with Gasteiger partial charge in [-0.3, -0.25) is 9.59 Å². The van der Waals surface area contributed by atoms with Gasteiger partial charge in [-0.1, -0.05) is 37.3 Å². The molecular weight excluding hydrogens is 342 g/mol. The second-order valence-corrected chi connectivity index (χ2v) is 6.26. The van der Waals surface area contributed by atoms with Crippen molar-refractivity contribution in [2.75, 3.05) is 31.2 Å². The average molecular weight is 369 g/mol. The predicted molar refractivity (Wildman–Crippen MR) is 108 cm³/mol. The number of aryl methyl sites for hydroxylation is 1. The molecule has 0 aliphatic carbocycles. The second-order valence-electron chi connectivity index (χ2n) is 6.26. The molecule has 0 radical (unpaired) electrons. The molecule has 0 aromatic heterocycles. The summed E-state index contributed by atoms with van der Waals surface area (Å²) < 4.78 is 5.24. The Balaban J connectivity index is 1.96. The molecule has 0 spiro atoms. The standard InChI is InChI=1S/C21H27N3O3/c1-3-14-24(21(26)13-12-16-8-4-5-9-17(16)22)15-20(25)23-18-10-6-7-11-19(18)27-2/h4-11H,3,12-15,22H2,1-2H3,(H,23,25). The molecule has 2 rings (SSSR count). The van der Waals surface area contributed by atoms with Crippen LogP contribution in [0, 0.1) is 0 Å². The van der Waals surface area contributed by atoms with Gasteiger partial charge in [0.2, 0.25) is 11.8 Å². The lowest BCUT2D eigenvalue weighted by molar-refractivity contribution is -0.134. The van der Waals surface area contributed by atoms with Crippen LogP contribution in [0.25, 0.3) is 0 Å². The molecule has 3 N–H and O–H groups in total. The van der Waals surface area contributed by atoms with Gasteiger partial charge in [0, 0.05) is 18.7 Å². The lowest BCUT2D eigenvalue weighted by Gasteiger charge is -2.22. The molecule has 0 atom stereocenters. The minimum atomic E-state index is -0.250. The van der Waals surface area contributed by atoms with Crippen molar-refractivity contribution in [2.24, 2.45) is 0 Å². The third kappa shape index (κ3) is 6.02. The molecule has 0 unspecified atom stereocenters. The molecule has 0 bridgehead atoms. The van der Waals surface area contributed by atoms with Crippen LogP contribution in [-0.4, -0.2) is 36.9 Å². The van der Waals surface area contributed by atoms with E-state index in [4.69, 9.17) is 10.5 Å². The number of nitrogens with one attached hydrogen (secondary N) is 1. The zero-order valence-electron chi connectivity index (χ0n) is 15.9. The first kappa shape index (κ1) is 20.3. The van der Waals surface area contributed by atoms with Crippen LogP contribution < -0.4 is 15.8 Å². The Kier molecular flexibility index (Phi) is 7.67. The fraction of sp³-hybridized carbons (Fsp3) is 0.333. The number of rotatable bonds is 9. The summed E-state index contributed by atoms with van der Waals surface area (Å²) in [7, 11) is 1.55. The van der Waals surface area contributed by atoms with Gasteiger partial charge in [-0.25, -0.2) is 0 Å². The van der Waals surface area contributed by atoms with Crippen LogP contribution in [0.1, 0.15) is 25.3 Å². The quantitative estimate of drug-likeness (QED) is 0.665. The highest BCUT2D eigenvalue weighted by Crippen LogP contribution is 2.23. The number of carbonyl (C=O) groups is 2. The minimum absolute atomic E-state index is 0.00892. The van der Waals surface area contributed by atoms with Gasteiger partial charge in [0.1, 0.15) is 5.75 Å². The number of hydrogen-bond donors (Lipinski definition) is 2. The van der Waals surface area contributed by atoms with Crippen molar-refractivity contribution in [2.45, 2.75) is 26.2 Å². The van der Waals surface area contributed by atoms with E-state index in [1.807, 2.05) is 43.3 Å².